The Morgan fingerprint density at radius 2 is 2.20 bits per heavy atom. The molecule has 1 aliphatic heterocycles. The van der Waals surface area contributed by atoms with E-state index >= 15 is 0 Å². The Kier molecular flexibility index (Phi) is 4.15. The van der Waals surface area contributed by atoms with E-state index in [2.05, 4.69) is 51.8 Å². The van der Waals surface area contributed by atoms with E-state index in [0.29, 0.717) is 0 Å². The van der Waals surface area contributed by atoms with E-state index in [1.54, 1.807) is 0 Å². The van der Waals surface area contributed by atoms with Gasteiger partial charge in [0.15, 0.2) is 0 Å². The molecule has 3 heterocycles. The van der Waals surface area contributed by atoms with Gasteiger partial charge >= 0.3 is 0 Å². The number of thiophene rings is 1. The van der Waals surface area contributed by atoms with Gasteiger partial charge in [0.05, 0.1) is 0 Å². The van der Waals surface area contributed by atoms with Crippen molar-refractivity contribution in [3.05, 3.63) is 52.5 Å². The van der Waals surface area contributed by atoms with Crippen LogP contribution in [0.4, 0.5) is 0 Å². The van der Waals surface area contributed by atoms with Gasteiger partial charge in [-0.1, -0.05) is 19.1 Å². The summed E-state index contributed by atoms with van der Waals surface area (Å²) in [6.45, 7) is 7.70. The summed E-state index contributed by atoms with van der Waals surface area (Å²) in [7, 11) is 0. The summed E-state index contributed by atoms with van der Waals surface area (Å²) in [6.07, 6.45) is 1.89. The number of hydrogen-bond donors (Lipinski definition) is 1. The van der Waals surface area contributed by atoms with Crippen LogP contribution in [0.2, 0.25) is 0 Å². The zero-order valence-electron chi connectivity index (χ0n) is 11.9. The van der Waals surface area contributed by atoms with Crippen molar-refractivity contribution >= 4 is 11.3 Å². The Morgan fingerprint density at radius 3 is 2.90 bits per heavy atom. The minimum Gasteiger partial charge on any atom is -0.311 e. The molecule has 1 aliphatic rings. The predicted octanol–water partition coefficient (Wildman–Crippen LogP) is 2.51. The second kappa shape index (κ2) is 6.04. The largest absolute Gasteiger partial charge is 0.311 e. The first kappa shape index (κ1) is 13.7. The van der Waals surface area contributed by atoms with Crippen LogP contribution in [-0.2, 0) is 12.0 Å². The summed E-state index contributed by atoms with van der Waals surface area (Å²) in [5.74, 6) is 0. The molecule has 0 aliphatic carbocycles. The monoisotopic (exact) mass is 287 g/mol. The summed E-state index contributed by atoms with van der Waals surface area (Å²) >= 11 is 1.81. The molecule has 2 aromatic rings. The van der Waals surface area contributed by atoms with Crippen molar-refractivity contribution in [1.82, 2.24) is 15.2 Å². The van der Waals surface area contributed by atoms with Crippen LogP contribution in [0.3, 0.4) is 0 Å². The summed E-state index contributed by atoms with van der Waals surface area (Å²) in [5, 5.41) is 5.64. The van der Waals surface area contributed by atoms with E-state index in [1.807, 2.05) is 23.6 Å². The number of aromatic nitrogens is 1. The number of hydrogen-bond acceptors (Lipinski definition) is 4. The zero-order valence-corrected chi connectivity index (χ0v) is 12.7. The van der Waals surface area contributed by atoms with Gasteiger partial charge in [-0.05, 0) is 23.6 Å². The fourth-order valence-electron chi connectivity index (χ4n) is 2.84. The molecule has 1 N–H and O–H groups in total. The van der Waals surface area contributed by atoms with Gasteiger partial charge in [-0.25, -0.2) is 0 Å². The minimum atomic E-state index is 0.245. The maximum absolute atomic E-state index is 4.50. The average molecular weight is 287 g/mol. The van der Waals surface area contributed by atoms with Gasteiger partial charge in [-0.3, -0.25) is 4.98 Å². The van der Waals surface area contributed by atoms with Crippen LogP contribution in [0.5, 0.6) is 0 Å². The number of likely N-dealkylation sites (tertiary alicyclic amines) is 1. The van der Waals surface area contributed by atoms with Gasteiger partial charge in [0.2, 0.25) is 0 Å². The first-order valence-electron chi connectivity index (χ1n) is 7.13. The van der Waals surface area contributed by atoms with Crippen molar-refractivity contribution in [2.45, 2.75) is 18.9 Å². The molecule has 2 aromatic heterocycles. The van der Waals surface area contributed by atoms with Gasteiger partial charge in [0.1, 0.15) is 0 Å². The van der Waals surface area contributed by atoms with Crippen molar-refractivity contribution in [3.63, 3.8) is 0 Å². The van der Waals surface area contributed by atoms with E-state index in [0.717, 1.165) is 32.7 Å². The van der Waals surface area contributed by atoms with Crippen LogP contribution in [0.15, 0.2) is 41.9 Å². The van der Waals surface area contributed by atoms with Crippen LogP contribution in [0.25, 0.3) is 0 Å². The molecule has 3 nitrogen and oxygen atoms in total. The Balaban J connectivity index is 1.38. The van der Waals surface area contributed by atoms with Crippen LogP contribution >= 0.6 is 11.3 Å². The first-order chi connectivity index (χ1) is 9.76. The molecule has 0 unspecified atom stereocenters. The highest BCUT2D eigenvalue weighted by atomic mass is 32.1. The smallest absolute Gasteiger partial charge is 0.0488 e. The van der Waals surface area contributed by atoms with Crippen LogP contribution in [0, 0.1) is 0 Å². The highest BCUT2D eigenvalue weighted by Crippen LogP contribution is 2.32. The fourth-order valence-corrected chi connectivity index (χ4v) is 3.52. The van der Waals surface area contributed by atoms with Crippen molar-refractivity contribution in [3.8, 4) is 0 Å². The molecule has 0 spiro atoms. The highest BCUT2D eigenvalue weighted by Gasteiger charge is 2.40. The fraction of sp³-hybridized carbons (Fsp3) is 0.438. The van der Waals surface area contributed by atoms with Gasteiger partial charge < -0.3 is 10.2 Å². The lowest BCUT2D eigenvalue weighted by molar-refractivity contribution is 0.0762. The van der Waals surface area contributed by atoms with Crippen molar-refractivity contribution in [1.29, 1.82) is 0 Å². The molecular weight excluding hydrogens is 266 g/mol. The number of nitrogens with zero attached hydrogens (tertiary/aromatic N) is 2. The molecule has 0 bridgehead atoms. The number of rotatable bonds is 6. The second-order valence-electron chi connectivity index (χ2n) is 5.74. The molecular formula is C16H21N3S. The molecule has 1 fully saturated rings. The quantitative estimate of drug-likeness (QED) is 0.828. The molecule has 20 heavy (non-hydrogen) atoms. The number of pyridine rings is 1. The van der Waals surface area contributed by atoms with Crippen LogP contribution < -0.4 is 5.32 Å². The Hall–Kier alpha value is -1.23. The SMILES string of the molecule is CC1(c2ccccn2)CN(CCNCc2cccs2)C1. The van der Waals surface area contributed by atoms with E-state index in [4.69, 9.17) is 0 Å². The third kappa shape index (κ3) is 3.08. The van der Waals surface area contributed by atoms with E-state index in [1.165, 1.54) is 10.6 Å². The Labute approximate surface area is 124 Å². The second-order valence-corrected chi connectivity index (χ2v) is 6.77. The maximum Gasteiger partial charge on any atom is 0.0488 e. The molecule has 0 aromatic carbocycles. The molecule has 1 saturated heterocycles. The molecule has 4 heteroatoms. The summed E-state index contributed by atoms with van der Waals surface area (Å²) in [5.41, 5.74) is 1.47. The van der Waals surface area contributed by atoms with E-state index in [-0.39, 0.29) is 5.41 Å². The Bertz CT molecular complexity index is 518. The third-order valence-corrected chi connectivity index (χ3v) is 4.79. The molecule has 0 saturated carbocycles. The van der Waals surface area contributed by atoms with E-state index < -0.39 is 0 Å². The number of nitrogens with one attached hydrogen (secondary N) is 1. The van der Waals surface area contributed by atoms with Crippen molar-refractivity contribution in [2.24, 2.45) is 0 Å². The van der Waals surface area contributed by atoms with Gasteiger partial charge in [0, 0.05) is 54.9 Å². The molecule has 3 rings (SSSR count). The summed E-state index contributed by atoms with van der Waals surface area (Å²) in [6, 6.07) is 10.5. The standard InChI is InChI=1S/C16H21N3S/c1-16(15-6-2-3-7-18-15)12-19(13-16)9-8-17-11-14-5-4-10-20-14/h2-7,10,17H,8-9,11-13H2,1H3. The topological polar surface area (TPSA) is 28.2 Å². The third-order valence-electron chi connectivity index (χ3n) is 3.91. The lowest BCUT2D eigenvalue weighted by Gasteiger charge is -2.47. The van der Waals surface area contributed by atoms with Crippen molar-refractivity contribution in [2.75, 3.05) is 26.2 Å². The Morgan fingerprint density at radius 1 is 1.30 bits per heavy atom. The summed E-state index contributed by atoms with van der Waals surface area (Å²) < 4.78 is 0. The van der Waals surface area contributed by atoms with Crippen molar-refractivity contribution < 1.29 is 0 Å². The molecule has 0 amide bonds. The van der Waals surface area contributed by atoms with Gasteiger partial charge in [-0.2, -0.15) is 0 Å². The highest BCUT2D eigenvalue weighted by molar-refractivity contribution is 7.09. The average Bonchev–Trinajstić information content (AvgIpc) is 2.95. The summed E-state index contributed by atoms with van der Waals surface area (Å²) in [4.78, 5) is 8.40. The van der Waals surface area contributed by atoms with Gasteiger partial charge in [-0.15, -0.1) is 11.3 Å². The molecule has 0 atom stereocenters. The lowest BCUT2D eigenvalue weighted by atomic mass is 9.78. The lowest BCUT2D eigenvalue weighted by Crippen LogP contribution is -2.59. The minimum absolute atomic E-state index is 0.245. The normalized spacial score (nSPS) is 17.9. The van der Waals surface area contributed by atoms with Crippen LogP contribution in [-0.4, -0.2) is 36.1 Å². The maximum atomic E-state index is 4.50. The first-order valence-corrected chi connectivity index (χ1v) is 8.01. The van der Waals surface area contributed by atoms with E-state index in [9.17, 15) is 0 Å². The predicted molar refractivity (Wildman–Crippen MR) is 84.1 cm³/mol. The molecule has 0 radical (unpaired) electrons. The zero-order chi connectivity index (χ0) is 13.8. The van der Waals surface area contributed by atoms with Gasteiger partial charge in [0.25, 0.3) is 0 Å². The van der Waals surface area contributed by atoms with Crippen LogP contribution in [0.1, 0.15) is 17.5 Å². The molecule has 106 valence electrons.